The summed E-state index contributed by atoms with van der Waals surface area (Å²) in [5, 5.41) is 7.93. The molecule has 1 fully saturated rings. The minimum absolute atomic E-state index is 0.00743. The molecule has 0 radical (unpaired) electrons. The first-order chi connectivity index (χ1) is 11.9. The van der Waals surface area contributed by atoms with Gasteiger partial charge >= 0.3 is 0 Å². The summed E-state index contributed by atoms with van der Waals surface area (Å²) in [6.45, 7) is 9.74. The largest absolute Gasteiger partial charge is 0.337 e. The zero-order chi connectivity index (χ0) is 18.1. The number of nitrogens with zero attached hydrogens (tertiary/aromatic N) is 5. The van der Waals surface area contributed by atoms with Gasteiger partial charge in [0.05, 0.1) is 11.3 Å². The number of hydrogen-bond acceptors (Lipinski definition) is 5. The van der Waals surface area contributed by atoms with Crippen molar-refractivity contribution in [3.8, 4) is 5.95 Å². The zero-order valence-corrected chi connectivity index (χ0v) is 15.6. The molecular weight excluding hydrogens is 316 g/mol. The van der Waals surface area contributed by atoms with E-state index in [1.807, 2.05) is 45.7 Å². The summed E-state index contributed by atoms with van der Waals surface area (Å²) in [6.07, 6.45) is 2.75. The van der Waals surface area contributed by atoms with Gasteiger partial charge in [0.25, 0.3) is 11.9 Å². The first-order valence-corrected chi connectivity index (χ1v) is 8.77. The molecule has 134 valence electrons. The van der Waals surface area contributed by atoms with Crippen LogP contribution in [0.15, 0.2) is 12.3 Å². The van der Waals surface area contributed by atoms with Gasteiger partial charge in [0.15, 0.2) is 0 Å². The molecule has 1 aliphatic rings. The number of rotatable bonds is 4. The molecule has 1 amide bonds. The summed E-state index contributed by atoms with van der Waals surface area (Å²) in [7, 11) is 1.87. The number of amides is 1. The van der Waals surface area contributed by atoms with Crippen molar-refractivity contribution in [2.24, 2.45) is 0 Å². The lowest BCUT2D eigenvalue weighted by molar-refractivity contribution is 0.0742. The molecule has 1 N–H and O–H groups in total. The molecule has 3 heterocycles. The van der Waals surface area contributed by atoms with E-state index >= 15 is 0 Å². The normalized spacial score (nSPS) is 17.3. The predicted molar refractivity (Wildman–Crippen MR) is 96.1 cm³/mol. The second-order valence-corrected chi connectivity index (χ2v) is 7.04. The summed E-state index contributed by atoms with van der Waals surface area (Å²) < 4.78 is 1.63. The molecular formula is C18H26N6O. The number of aryl methyl sites for hydroxylation is 2. The summed E-state index contributed by atoms with van der Waals surface area (Å²) in [5.74, 6) is 0.651. The molecule has 0 bridgehead atoms. The molecule has 1 atom stereocenters. The van der Waals surface area contributed by atoms with E-state index in [2.05, 4.69) is 20.4 Å². The molecule has 0 spiro atoms. The molecule has 3 rings (SSSR count). The highest BCUT2D eigenvalue weighted by Crippen LogP contribution is 2.22. The molecule has 0 aromatic carbocycles. The number of likely N-dealkylation sites (N-methyl/N-ethyl adjacent to an activating group) is 1. The molecule has 2 aromatic rings. The lowest BCUT2D eigenvalue weighted by atomic mass is 10.0. The molecule has 1 unspecified atom stereocenters. The smallest absolute Gasteiger partial charge is 0.257 e. The summed E-state index contributed by atoms with van der Waals surface area (Å²) in [6, 6.07) is 2.15. The lowest BCUT2D eigenvalue weighted by Gasteiger charge is -2.23. The minimum atomic E-state index is 0.00743. The van der Waals surface area contributed by atoms with Crippen molar-refractivity contribution in [1.82, 2.24) is 30.0 Å². The van der Waals surface area contributed by atoms with Gasteiger partial charge in [-0.25, -0.2) is 14.6 Å². The predicted octanol–water partition coefficient (Wildman–Crippen LogP) is 1.84. The van der Waals surface area contributed by atoms with Crippen LogP contribution in [0.3, 0.4) is 0 Å². The van der Waals surface area contributed by atoms with Gasteiger partial charge in [-0.15, -0.1) is 0 Å². The topological polar surface area (TPSA) is 75.9 Å². The Morgan fingerprint density at radius 3 is 2.56 bits per heavy atom. The van der Waals surface area contributed by atoms with Gasteiger partial charge in [-0.3, -0.25) is 4.79 Å². The van der Waals surface area contributed by atoms with Gasteiger partial charge < -0.3 is 10.2 Å². The van der Waals surface area contributed by atoms with Gasteiger partial charge in [0.2, 0.25) is 0 Å². The molecule has 0 saturated carbocycles. The van der Waals surface area contributed by atoms with Crippen molar-refractivity contribution in [1.29, 1.82) is 0 Å². The second-order valence-electron chi connectivity index (χ2n) is 7.04. The lowest BCUT2D eigenvalue weighted by Crippen LogP contribution is -2.38. The quantitative estimate of drug-likeness (QED) is 0.917. The van der Waals surface area contributed by atoms with E-state index in [4.69, 9.17) is 0 Å². The van der Waals surface area contributed by atoms with Crippen LogP contribution in [-0.4, -0.2) is 56.7 Å². The summed E-state index contributed by atoms with van der Waals surface area (Å²) >= 11 is 0. The van der Waals surface area contributed by atoms with Crippen LogP contribution in [0.2, 0.25) is 0 Å². The highest BCUT2D eigenvalue weighted by molar-refractivity contribution is 5.95. The van der Waals surface area contributed by atoms with Gasteiger partial charge in [-0.05, 0) is 38.8 Å². The fourth-order valence-electron chi connectivity index (χ4n) is 3.22. The highest BCUT2D eigenvalue weighted by atomic mass is 16.2. The Labute approximate surface area is 148 Å². The SMILES string of the molecule is Cc1cc(C)nc(-n2cc(C(=O)N(C)C3CCNC3)c(C(C)C)n2)n1. The van der Waals surface area contributed by atoms with Crippen LogP contribution in [-0.2, 0) is 0 Å². The van der Waals surface area contributed by atoms with Gasteiger partial charge in [-0.1, -0.05) is 13.8 Å². The standard InChI is InChI=1S/C18H26N6O/c1-11(2)16-15(17(25)23(5)14-6-7-19-9-14)10-24(22-16)18-20-12(3)8-13(4)21-18/h8,10-11,14,19H,6-7,9H2,1-5H3. The van der Waals surface area contributed by atoms with E-state index in [0.29, 0.717) is 11.5 Å². The molecule has 1 saturated heterocycles. The highest BCUT2D eigenvalue weighted by Gasteiger charge is 2.28. The molecule has 25 heavy (non-hydrogen) atoms. The first-order valence-electron chi connectivity index (χ1n) is 8.77. The van der Waals surface area contributed by atoms with E-state index in [1.54, 1.807) is 10.9 Å². The van der Waals surface area contributed by atoms with Gasteiger partial charge in [0, 0.05) is 37.2 Å². The van der Waals surface area contributed by atoms with E-state index < -0.39 is 0 Å². The number of hydrogen-bond donors (Lipinski definition) is 1. The fourth-order valence-corrected chi connectivity index (χ4v) is 3.22. The Hall–Kier alpha value is -2.28. The van der Waals surface area contributed by atoms with E-state index in [-0.39, 0.29) is 17.9 Å². The van der Waals surface area contributed by atoms with Crippen LogP contribution in [0.1, 0.15) is 53.6 Å². The van der Waals surface area contributed by atoms with Crippen molar-refractivity contribution >= 4 is 5.91 Å². The third-order valence-electron chi connectivity index (χ3n) is 4.60. The molecule has 0 aliphatic carbocycles. The Balaban J connectivity index is 1.98. The van der Waals surface area contributed by atoms with E-state index in [1.165, 1.54) is 0 Å². The molecule has 2 aromatic heterocycles. The number of carbonyl (C=O) groups is 1. The Kier molecular flexibility index (Phi) is 4.85. The average molecular weight is 342 g/mol. The fraction of sp³-hybridized carbons (Fsp3) is 0.556. The Bertz CT molecular complexity index is 756. The molecule has 7 nitrogen and oxygen atoms in total. The van der Waals surface area contributed by atoms with Crippen molar-refractivity contribution in [2.75, 3.05) is 20.1 Å². The maximum absolute atomic E-state index is 13.0. The van der Waals surface area contributed by atoms with Crippen molar-refractivity contribution in [3.05, 3.63) is 34.9 Å². The van der Waals surface area contributed by atoms with Crippen LogP contribution in [0.25, 0.3) is 5.95 Å². The third-order valence-corrected chi connectivity index (χ3v) is 4.60. The van der Waals surface area contributed by atoms with Crippen LogP contribution in [0.4, 0.5) is 0 Å². The van der Waals surface area contributed by atoms with Crippen LogP contribution >= 0.6 is 0 Å². The Morgan fingerprint density at radius 1 is 1.32 bits per heavy atom. The van der Waals surface area contributed by atoms with E-state index in [9.17, 15) is 4.79 Å². The van der Waals surface area contributed by atoms with Crippen molar-refractivity contribution < 1.29 is 4.79 Å². The average Bonchev–Trinajstić information content (AvgIpc) is 3.22. The molecule has 1 aliphatic heterocycles. The molecule has 7 heteroatoms. The maximum atomic E-state index is 13.0. The van der Waals surface area contributed by atoms with Crippen LogP contribution in [0, 0.1) is 13.8 Å². The zero-order valence-electron chi connectivity index (χ0n) is 15.6. The second kappa shape index (κ2) is 6.92. The summed E-state index contributed by atoms with van der Waals surface area (Å²) in [5.41, 5.74) is 3.18. The van der Waals surface area contributed by atoms with Crippen LogP contribution < -0.4 is 5.32 Å². The van der Waals surface area contributed by atoms with Crippen molar-refractivity contribution in [2.45, 2.75) is 46.1 Å². The third kappa shape index (κ3) is 3.56. The maximum Gasteiger partial charge on any atom is 0.257 e. The number of aromatic nitrogens is 4. The van der Waals surface area contributed by atoms with Gasteiger partial charge in [-0.2, -0.15) is 5.10 Å². The Morgan fingerprint density at radius 2 is 2.00 bits per heavy atom. The van der Waals surface area contributed by atoms with Crippen molar-refractivity contribution in [3.63, 3.8) is 0 Å². The number of nitrogens with one attached hydrogen (secondary N) is 1. The van der Waals surface area contributed by atoms with Crippen LogP contribution in [0.5, 0.6) is 0 Å². The first kappa shape index (κ1) is 17.5. The van der Waals surface area contributed by atoms with E-state index in [0.717, 1.165) is 36.6 Å². The monoisotopic (exact) mass is 342 g/mol. The van der Waals surface area contributed by atoms with Gasteiger partial charge in [0.1, 0.15) is 0 Å². The number of carbonyl (C=O) groups excluding carboxylic acids is 1. The minimum Gasteiger partial charge on any atom is -0.337 e. The summed E-state index contributed by atoms with van der Waals surface area (Å²) in [4.78, 5) is 23.8.